The highest BCUT2D eigenvalue weighted by Crippen LogP contribution is 2.40. The number of hydrogen-bond acceptors (Lipinski definition) is 1. The first kappa shape index (κ1) is 13.2. The van der Waals surface area contributed by atoms with E-state index in [1.807, 2.05) is 6.08 Å². The molecule has 0 aromatic carbocycles. The molecule has 0 fully saturated rings. The van der Waals surface area contributed by atoms with Crippen LogP contribution in [0, 0.1) is 5.41 Å². The Kier molecular flexibility index (Phi) is 3.80. The van der Waals surface area contributed by atoms with Crippen LogP contribution in [-0.2, 0) is 0 Å². The van der Waals surface area contributed by atoms with E-state index in [1.54, 1.807) is 13.0 Å². The van der Waals surface area contributed by atoms with Gasteiger partial charge >= 0.3 is 0 Å². The van der Waals surface area contributed by atoms with Crippen molar-refractivity contribution in [2.75, 3.05) is 0 Å². The highest BCUT2D eigenvalue weighted by atomic mass is 16.3. The molecule has 16 heavy (non-hydrogen) atoms. The number of rotatable bonds is 3. The molecule has 0 bridgehead atoms. The molecule has 1 aliphatic carbocycles. The molecule has 0 saturated carbocycles. The summed E-state index contributed by atoms with van der Waals surface area (Å²) in [6.07, 6.45) is 9.16. The molecule has 1 N–H and O–H groups in total. The van der Waals surface area contributed by atoms with Crippen molar-refractivity contribution in [2.24, 2.45) is 5.41 Å². The second-order valence-electron chi connectivity index (χ2n) is 5.69. The van der Waals surface area contributed by atoms with Crippen LogP contribution < -0.4 is 0 Å². The van der Waals surface area contributed by atoms with Crippen molar-refractivity contribution in [1.29, 1.82) is 0 Å². The van der Waals surface area contributed by atoms with Crippen LogP contribution in [0.5, 0.6) is 0 Å². The third-order valence-corrected chi connectivity index (χ3v) is 3.54. The average molecular weight is 220 g/mol. The Labute approximate surface area is 99.6 Å². The van der Waals surface area contributed by atoms with E-state index in [0.717, 1.165) is 0 Å². The third-order valence-electron chi connectivity index (χ3n) is 3.54. The van der Waals surface area contributed by atoms with Crippen LogP contribution in [0.25, 0.3) is 0 Å². The van der Waals surface area contributed by atoms with Gasteiger partial charge in [-0.15, -0.1) is 0 Å². The van der Waals surface area contributed by atoms with Crippen molar-refractivity contribution in [3.8, 4) is 0 Å². The highest BCUT2D eigenvalue weighted by molar-refractivity contribution is 5.34. The fourth-order valence-electron chi connectivity index (χ4n) is 2.33. The Hall–Kier alpha value is -0.820. The summed E-state index contributed by atoms with van der Waals surface area (Å²) in [7, 11) is 0. The van der Waals surface area contributed by atoms with Gasteiger partial charge in [0.2, 0.25) is 0 Å². The minimum absolute atomic E-state index is 0.232. The van der Waals surface area contributed by atoms with E-state index in [4.69, 9.17) is 0 Å². The summed E-state index contributed by atoms with van der Waals surface area (Å²) in [5.74, 6) is 0. The maximum absolute atomic E-state index is 9.88. The van der Waals surface area contributed by atoms with Crippen molar-refractivity contribution in [3.05, 3.63) is 36.0 Å². The van der Waals surface area contributed by atoms with Crippen molar-refractivity contribution >= 4 is 0 Å². The smallest absolute Gasteiger partial charge is 0.0981 e. The first-order chi connectivity index (χ1) is 7.28. The van der Waals surface area contributed by atoms with Gasteiger partial charge < -0.3 is 5.11 Å². The second kappa shape index (κ2) is 4.58. The van der Waals surface area contributed by atoms with E-state index in [2.05, 4.69) is 33.4 Å². The van der Waals surface area contributed by atoms with E-state index in [0.29, 0.717) is 0 Å². The second-order valence-corrected chi connectivity index (χ2v) is 5.69. The van der Waals surface area contributed by atoms with E-state index < -0.39 is 5.60 Å². The molecule has 0 unspecified atom stereocenters. The van der Waals surface area contributed by atoms with Crippen LogP contribution in [0.15, 0.2) is 36.0 Å². The molecular formula is C15H24O. The Bertz CT molecular complexity index is 329. The predicted octanol–water partition coefficient (Wildman–Crippen LogP) is 4.01. The Morgan fingerprint density at radius 2 is 2.06 bits per heavy atom. The molecule has 0 radical (unpaired) electrons. The van der Waals surface area contributed by atoms with Crippen molar-refractivity contribution < 1.29 is 5.11 Å². The molecule has 1 rings (SSSR count). The summed E-state index contributed by atoms with van der Waals surface area (Å²) in [5.41, 5.74) is 2.16. The molecule has 0 aromatic heterocycles. The molecule has 0 amide bonds. The first-order valence-electron chi connectivity index (χ1n) is 6.04. The van der Waals surface area contributed by atoms with Crippen molar-refractivity contribution in [2.45, 2.75) is 52.6 Å². The lowest BCUT2D eigenvalue weighted by Crippen LogP contribution is -2.21. The minimum Gasteiger partial charge on any atom is -0.382 e. The molecule has 1 aliphatic rings. The Morgan fingerprint density at radius 1 is 1.44 bits per heavy atom. The number of allylic oxidation sites excluding steroid dienone is 3. The maximum Gasteiger partial charge on any atom is 0.0981 e. The average Bonchev–Trinajstić information content (AvgIpc) is 2.16. The van der Waals surface area contributed by atoms with Crippen LogP contribution >= 0.6 is 0 Å². The molecule has 0 aliphatic heterocycles. The fourth-order valence-corrected chi connectivity index (χ4v) is 2.33. The lowest BCUT2D eigenvalue weighted by atomic mass is 9.72. The van der Waals surface area contributed by atoms with E-state index >= 15 is 0 Å². The fraction of sp³-hybridized carbons (Fsp3) is 0.600. The van der Waals surface area contributed by atoms with Gasteiger partial charge in [0.15, 0.2) is 0 Å². The summed E-state index contributed by atoms with van der Waals surface area (Å²) in [6.45, 7) is 12.1. The van der Waals surface area contributed by atoms with E-state index in [9.17, 15) is 5.11 Å². The van der Waals surface area contributed by atoms with Crippen LogP contribution in [0.4, 0.5) is 0 Å². The van der Waals surface area contributed by atoms with Gasteiger partial charge in [0.25, 0.3) is 0 Å². The number of aliphatic hydroxyl groups is 1. The van der Waals surface area contributed by atoms with Crippen molar-refractivity contribution in [3.63, 3.8) is 0 Å². The van der Waals surface area contributed by atoms with E-state index in [-0.39, 0.29) is 5.41 Å². The Morgan fingerprint density at radius 3 is 2.56 bits per heavy atom. The summed E-state index contributed by atoms with van der Waals surface area (Å²) >= 11 is 0. The summed E-state index contributed by atoms with van der Waals surface area (Å²) in [4.78, 5) is 0. The van der Waals surface area contributed by atoms with Gasteiger partial charge in [-0.2, -0.15) is 0 Å². The molecule has 1 atom stereocenters. The summed E-state index contributed by atoms with van der Waals surface area (Å²) < 4.78 is 0. The minimum atomic E-state index is -0.902. The maximum atomic E-state index is 9.88. The van der Waals surface area contributed by atoms with Gasteiger partial charge in [-0.3, -0.25) is 0 Å². The lowest BCUT2D eigenvalue weighted by molar-refractivity contribution is 0.164. The predicted molar refractivity (Wildman–Crippen MR) is 70.3 cm³/mol. The summed E-state index contributed by atoms with van der Waals surface area (Å²) in [6, 6.07) is 0. The topological polar surface area (TPSA) is 20.2 Å². The number of hydrogen-bond donors (Lipinski definition) is 1. The normalized spacial score (nSPS) is 24.6. The SMILES string of the molecule is C=C[C@@](C)(O)/C=C/C1=C(C)CCCC1(C)C. The van der Waals surface area contributed by atoms with Gasteiger partial charge in [-0.1, -0.05) is 38.2 Å². The third kappa shape index (κ3) is 3.08. The largest absolute Gasteiger partial charge is 0.382 e. The molecule has 1 nitrogen and oxygen atoms in total. The van der Waals surface area contributed by atoms with Gasteiger partial charge in [-0.05, 0) is 50.2 Å². The summed E-state index contributed by atoms with van der Waals surface area (Å²) in [5, 5.41) is 9.88. The standard InChI is InChI=1S/C15H24O/c1-6-15(5,16)11-9-13-12(2)8-7-10-14(13,3)4/h6,9,11,16H,1,7-8,10H2,2-5H3/b11-9+/t15-/m1/s1. The van der Waals surface area contributed by atoms with Crippen molar-refractivity contribution in [1.82, 2.24) is 0 Å². The molecule has 0 heterocycles. The molecular weight excluding hydrogens is 196 g/mol. The molecule has 0 saturated heterocycles. The first-order valence-corrected chi connectivity index (χ1v) is 6.04. The van der Waals surface area contributed by atoms with Crippen LogP contribution in [0.1, 0.15) is 47.0 Å². The molecule has 0 aromatic rings. The van der Waals surface area contributed by atoms with Gasteiger partial charge in [-0.25, -0.2) is 0 Å². The monoisotopic (exact) mass is 220 g/mol. The molecule has 1 heteroatoms. The van der Waals surface area contributed by atoms with Gasteiger partial charge in [0.05, 0.1) is 5.60 Å². The van der Waals surface area contributed by atoms with E-state index in [1.165, 1.54) is 30.4 Å². The highest BCUT2D eigenvalue weighted by Gasteiger charge is 2.27. The van der Waals surface area contributed by atoms with Gasteiger partial charge in [0, 0.05) is 0 Å². The zero-order valence-corrected chi connectivity index (χ0v) is 11.0. The Balaban J connectivity index is 2.98. The zero-order chi connectivity index (χ0) is 12.4. The molecule has 90 valence electrons. The van der Waals surface area contributed by atoms with Crippen LogP contribution in [0.2, 0.25) is 0 Å². The van der Waals surface area contributed by atoms with Crippen LogP contribution in [0.3, 0.4) is 0 Å². The van der Waals surface area contributed by atoms with Gasteiger partial charge in [0.1, 0.15) is 0 Å². The lowest BCUT2D eigenvalue weighted by Gasteiger charge is -2.33. The van der Waals surface area contributed by atoms with Crippen LogP contribution in [-0.4, -0.2) is 10.7 Å². The zero-order valence-electron chi connectivity index (χ0n) is 11.0. The quantitative estimate of drug-likeness (QED) is 0.713. The molecule has 0 spiro atoms.